The van der Waals surface area contributed by atoms with Gasteiger partial charge in [-0.25, -0.2) is 0 Å². The van der Waals surface area contributed by atoms with Gasteiger partial charge in [0.15, 0.2) is 0 Å². The van der Waals surface area contributed by atoms with E-state index in [4.69, 9.17) is 0 Å². The van der Waals surface area contributed by atoms with Gasteiger partial charge in [-0.1, -0.05) is 38.1 Å². The Hall–Kier alpha value is -0.860. The third-order valence-corrected chi connectivity index (χ3v) is 3.66. The molecule has 18 heavy (non-hydrogen) atoms. The molecule has 1 aromatic rings. The molecular weight excluding hydrogens is 220 g/mol. The highest BCUT2D eigenvalue weighted by Gasteiger charge is 2.18. The van der Waals surface area contributed by atoms with Crippen LogP contribution in [0, 0.1) is 5.92 Å². The molecule has 0 radical (unpaired) electrons. The minimum atomic E-state index is 0.874. The Kier molecular flexibility index (Phi) is 5.21. The molecule has 100 valence electrons. The Bertz CT molecular complexity index is 362. The Morgan fingerprint density at radius 1 is 1.33 bits per heavy atom. The Morgan fingerprint density at radius 2 is 2.17 bits per heavy atom. The van der Waals surface area contributed by atoms with Gasteiger partial charge in [0, 0.05) is 19.6 Å². The molecule has 1 N–H and O–H groups in total. The molecule has 0 aliphatic carbocycles. The molecule has 1 aliphatic heterocycles. The highest BCUT2D eigenvalue weighted by Crippen LogP contribution is 2.18. The van der Waals surface area contributed by atoms with Crippen LogP contribution in [0.2, 0.25) is 0 Å². The summed E-state index contributed by atoms with van der Waals surface area (Å²) in [7, 11) is 0. The van der Waals surface area contributed by atoms with E-state index in [9.17, 15) is 0 Å². The maximum atomic E-state index is 3.47. The maximum Gasteiger partial charge on any atom is 0.0233 e. The van der Waals surface area contributed by atoms with E-state index in [1.165, 1.54) is 37.1 Å². The van der Waals surface area contributed by atoms with Crippen LogP contribution < -0.4 is 5.32 Å². The minimum absolute atomic E-state index is 0.874. The van der Waals surface area contributed by atoms with Crippen molar-refractivity contribution in [2.45, 2.75) is 39.8 Å². The Labute approximate surface area is 111 Å². The van der Waals surface area contributed by atoms with E-state index in [-0.39, 0.29) is 0 Å². The Balaban J connectivity index is 1.86. The van der Waals surface area contributed by atoms with Gasteiger partial charge in [-0.3, -0.25) is 4.90 Å². The number of nitrogens with zero attached hydrogens (tertiary/aromatic N) is 1. The molecule has 1 aromatic carbocycles. The van der Waals surface area contributed by atoms with Gasteiger partial charge in [0.25, 0.3) is 0 Å². The average Bonchev–Trinajstić information content (AvgIpc) is 2.76. The van der Waals surface area contributed by atoms with Crippen molar-refractivity contribution in [3.05, 3.63) is 35.4 Å². The van der Waals surface area contributed by atoms with Crippen molar-refractivity contribution in [1.82, 2.24) is 10.2 Å². The number of nitrogens with one attached hydrogen (secondary N) is 1. The van der Waals surface area contributed by atoms with Gasteiger partial charge in [0.05, 0.1) is 0 Å². The number of benzene rings is 1. The summed E-state index contributed by atoms with van der Waals surface area (Å²) in [5, 5.41) is 3.47. The quantitative estimate of drug-likeness (QED) is 0.776. The van der Waals surface area contributed by atoms with E-state index in [0.717, 1.165) is 25.6 Å². The summed E-state index contributed by atoms with van der Waals surface area (Å²) in [4.78, 5) is 2.57. The number of hydrogen-bond acceptors (Lipinski definition) is 2. The van der Waals surface area contributed by atoms with Crippen LogP contribution in [0.5, 0.6) is 0 Å². The van der Waals surface area contributed by atoms with Crippen LogP contribution >= 0.6 is 0 Å². The first-order chi connectivity index (χ1) is 8.78. The molecule has 0 saturated carbocycles. The third kappa shape index (κ3) is 4.11. The minimum Gasteiger partial charge on any atom is -0.313 e. The summed E-state index contributed by atoms with van der Waals surface area (Å²) in [6.07, 6.45) is 2.56. The number of rotatable bonds is 6. The zero-order chi connectivity index (χ0) is 12.8. The van der Waals surface area contributed by atoms with Gasteiger partial charge in [-0.2, -0.15) is 0 Å². The van der Waals surface area contributed by atoms with E-state index in [0.29, 0.717) is 0 Å². The van der Waals surface area contributed by atoms with Crippen LogP contribution in [0.4, 0.5) is 0 Å². The van der Waals surface area contributed by atoms with E-state index in [2.05, 4.69) is 48.3 Å². The molecule has 1 atom stereocenters. The molecule has 1 heterocycles. The molecule has 0 spiro atoms. The zero-order valence-electron chi connectivity index (χ0n) is 11.8. The molecule has 1 saturated heterocycles. The lowest BCUT2D eigenvalue weighted by Crippen LogP contribution is -2.20. The van der Waals surface area contributed by atoms with Crippen LogP contribution in [0.1, 0.15) is 37.8 Å². The molecule has 2 rings (SSSR count). The second-order valence-electron chi connectivity index (χ2n) is 5.63. The van der Waals surface area contributed by atoms with E-state index in [1.807, 2.05) is 0 Å². The van der Waals surface area contributed by atoms with Crippen molar-refractivity contribution in [1.29, 1.82) is 0 Å². The first-order valence-corrected chi connectivity index (χ1v) is 7.29. The highest BCUT2D eigenvalue weighted by molar-refractivity contribution is 5.23. The predicted molar refractivity (Wildman–Crippen MR) is 77.5 cm³/mol. The van der Waals surface area contributed by atoms with Crippen molar-refractivity contribution in [3.8, 4) is 0 Å². The molecular formula is C16H26N2. The molecule has 0 bridgehead atoms. The monoisotopic (exact) mass is 246 g/mol. The fraction of sp³-hybridized carbons (Fsp3) is 0.625. The SMILES string of the molecule is CCCNCc1cccc(CN2CCC(C)C2)c1. The third-order valence-electron chi connectivity index (χ3n) is 3.66. The maximum absolute atomic E-state index is 3.47. The van der Waals surface area contributed by atoms with Crippen LogP contribution in [0.3, 0.4) is 0 Å². The second-order valence-corrected chi connectivity index (χ2v) is 5.63. The predicted octanol–water partition coefficient (Wildman–Crippen LogP) is 3.03. The van der Waals surface area contributed by atoms with Gasteiger partial charge < -0.3 is 5.32 Å². The smallest absolute Gasteiger partial charge is 0.0233 e. The standard InChI is InChI=1S/C16H26N2/c1-3-8-17-11-15-5-4-6-16(10-15)13-18-9-7-14(2)12-18/h4-6,10,14,17H,3,7-9,11-13H2,1-2H3. The average molecular weight is 246 g/mol. The molecule has 1 aliphatic rings. The van der Waals surface area contributed by atoms with Crippen LogP contribution in [-0.4, -0.2) is 24.5 Å². The topological polar surface area (TPSA) is 15.3 Å². The first kappa shape index (κ1) is 13.6. The second kappa shape index (κ2) is 6.91. The van der Waals surface area contributed by atoms with Crippen LogP contribution in [-0.2, 0) is 13.1 Å². The first-order valence-electron chi connectivity index (χ1n) is 7.29. The lowest BCUT2D eigenvalue weighted by molar-refractivity contribution is 0.320. The summed E-state index contributed by atoms with van der Waals surface area (Å²) in [6.45, 7) is 10.3. The van der Waals surface area contributed by atoms with Gasteiger partial charge in [-0.05, 0) is 43.0 Å². The number of hydrogen-bond donors (Lipinski definition) is 1. The van der Waals surface area contributed by atoms with Crippen LogP contribution in [0.15, 0.2) is 24.3 Å². The lowest BCUT2D eigenvalue weighted by Gasteiger charge is -2.16. The summed E-state index contributed by atoms with van der Waals surface area (Å²) in [5.41, 5.74) is 2.87. The van der Waals surface area contributed by atoms with Gasteiger partial charge in [0.1, 0.15) is 0 Å². The fourth-order valence-corrected chi connectivity index (χ4v) is 2.68. The highest BCUT2D eigenvalue weighted by atomic mass is 15.1. The van der Waals surface area contributed by atoms with Crippen molar-refractivity contribution in [2.75, 3.05) is 19.6 Å². The molecule has 1 fully saturated rings. The van der Waals surface area contributed by atoms with Crippen molar-refractivity contribution >= 4 is 0 Å². The van der Waals surface area contributed by atoms with Crippen molar-refractivity contribution in [3.63, 3.8) is 0 Å². The summed E-state index contributed by atoms with van der Waals surface area (Å²) < 4.78 is 0. The summed E-state index contributed by atoms with van der Waals surface area (Å²) in [5.74, 6) is 0.874. The largest absolute Gasteiger partial charge is 0.313 e. The van der Waals surface area contributed by atoms with Gasteiger partial charge in [-0.15, -0.1) is 0 Å². The summed E-state index contributed by atoms with van der Waals surface area (Å²) >= 11 is 0. The molecule has 2 nitrogen and oxygen atoms in total. The fourth-order valence-electron chi connectivity index (χ4n) is 2.68. The van der Waals surface area contributed by atoms with Crippen LogP contribution in [0.25, 0.3) is 0 Å². The zero-order valence-corrected chi connectivity index (χ0v) is 11.8. The lowest BCUT2D eigenvalue weighted by atomic mass is 10.1. The normalized spacial score (nSPS) is 20.4. The van der Waals surface area contributed by atoms with Crippen molar-refractivity contribution < 1.29 is 0 Å². The molecule has 0 aromatic heterocycles. The molecule has 2 heteroatoms. The molecule has 0 amide bonds. The van der Waals surface area contributed by atoms with Gasteiger partial charge in [0.2, 0.25) is 0 Å². The van der Waals surface area contributed by atoms with E-state index >= 15 is 0 Å². The van der Waals surface area contributed by atoms with Gasteiger partial charge >= 0.3 is 0 Å². The van der Waals surface area contributed by atoms with Crippen molar-refractivity contribution in [2.24, 2.45) is 5.92 Å². The molecule has 1 unspecified atom stereocenters. The number of likely N-dealkylation sites (tertiary alicyclic amines) is 1. The van der Waals surface area contributed by atoms with E-state index < -0.39 is 0 Å². The summed E-state index contributed by atoms with van der Waals surface area (Å²) in [6, 6.07) is 9.02. The van der Waals surface area contributed by atoms with E-state index in [1.54, 1.807) is 0 Å². The Morgan fingerprint density at radius 3 is 2.89 bits per heavy atom.